The molecule has 6 nitrogen and oxygen atoms in total. The average Bonchev–Trinajstić information content (AvgIpc) is 3.37. The zero-order valence-corrected chi connectivity index (χ0v) is 20.9. The van der Waals surface area contributed by atoms with Gasteiger partial charge in [-0.1, -0.05) is 11.6 Å². The molecule has 3 aromatic carbocycles. The number of halogens is 8. The number of nitrogens with one attached hydrogen (secondary N) is 4. The third kappa shape index (κ3) is 7.03. The van der Waals surface area contributed by atoms with Gasteiger partial charge in [-0.3, -0.25) is 5.10 Å². The van der Waals surface area contributed by atoms with E-state index in [0.717, 1.165) is 18.2 Å². The fourth-order valence-electron chi connectivity index (χ4n) is 3.77. The summed E-state index contributed by atoms with van der Waals surface area (Å²) < 4.78 is 93.3. The predicted molar refractivity (Wildman–Crippen MR) is 136 cm³/mol. The number of nitrogens with zero attached hydrogens (tertiary/aromatic N) is 1. The van der Waals surface area contributed by atoms with E-state index < -0.39 is 40.4 Å². The Morgan fingerprint density at radius 2 is 1.57 bits per heavy atom. The Kier molecular flexibility index (Phi) is 8.24. The maximum atomic E-state index is 13.6. The van der Waals surface area contributed by atoms with E-state index in [4.69, 9.17) is 11.6 Å². The van der Waals surface area contributed by atoms with Crippen molar-refractivity contribution >= 4 is 29.0 Å². The first-order chi connectivity index (χ1) is 18.8. The highest BCUT2D eigenvalue weighted by Gasteiger charge is 2.34. The molecule has 0 radical (unpaired) electrons. The van der Waals surface area contributed by atoms with Gasteiger partial charge in [0.25, 0.3) is 0 Å². The molecule has 210 valence electrons. The lowest BCUT2D eigenvalue weighted by Gasteiger charge is -2.15. The van der Waals surface area contributed by atoms with Crippen molar-refractivity contribution in [2.75, 3.05) is 23.7 Å². The molecule has 0 bridgehead atoms. The van der Waals surface area contributed by atoms with Crippen LogP contribution in [0.1, 0.15) is 11.1 Å². The summed E-state index contributed by atoms with van der Waals surface area (Å²) in [6, 6.07) is 10.7. The Morgan fingerprint density at radius 3 is 2.25 bits per heavy atom. The van der Waals surface area contributed by atoms with Crippen LogP contribution in [0.5, 0.6) is 0 Å². The first-order valence-electron chi connectivity index (χ1n) is 11.5. The Balaban J connectivity index is 1.45. The molecule has 0 fully saturated rings. The van der Waals surface area contributed by atoms with Crippen LogP contribution < -0.4 is 16.0 Å². The predicted octanol–water partition coefficient (Wildman–Crippen LogP) is 7.81. The number of carbonyl (C=O) groups is 1. The standard InChI is InChI=1S/C26H19ClF7N5O/c27-22-6-5-18(12-21(22)26(32,33)34)38-24(40)36-8-7-35-19-10-15(9-16(11-19)25(29,30)31)20-13-37-39-23(20)14-1-3-17(28)4-2-14/h1-6,9-13,35H,7-8H2,(H,37,39)(H2,36,38,40). The second-order valence-corrected chi connectivity index (χ2v) is 8.87. The van der Waals surface area contributed by atoms with Crippen molar-refractivity contribution in [3.8, 4) is 22.4 Å². The minimum Gasteiger partial charge on any atom is -0.383 e. The van der Waals surface area contributed by atoms with Crippen molar-refractivity contribution in [1.82, 2.24) is 15.5 Å². The summed E-state index contributed by atoms with van der Waals surface area (Å²) in [5.74, 6) is -0.475. The number of hydrogen-bond donors (Lipinski definition) is 4. The number of aromatic nitrogens is 2. The van der Waals surface area contributed by atoms with Gasteiger partial charge < -0.3 is 16.0 Å². The van der Waals surface area contributed by atoms with Gasteiger partial charge in [0.05, 0.1) is 28.0 Å². The van der Waals surface area contributed by atoms with Crippen LogP contribution >= 0.6 is 11.6 Å². The smallest absolute Gasteiger partial charge is 0.383 e. The van der Waals surface area contributed by atoms with Crippen LogP contribution in [0, 0.1) is 5.82 Å². The number of benzene rings is 3. The lowest BCUT2D eigenvalue weighted by Crippen LogP contribution is -2.32. The molecular weight excluding hydrogens is 567 g/mol. The number of H-pyrrole nitrogens is 1. The molecule has 4 N–H and O–H groups in total. The molecule has 1 heterocycles. The number of hydrogen-bond acceptors (Lipinski definition) is 3. The fraction of sp³-hybridized carbons (Fsp3) is 0.154. The van der Waals surface area contributed by atoms with Gasteiger partial charge in [0.2, 0.25) is 0 Å². The Hall–Kier alpha value is -4.26. The van der Waals surface area contributed by atoms with E-state index in [2.05, 4.69) is 26.1 Å². The van der Waals surface area contributed by atoms with Crippen molar-refractivity contribution in [2.24, 2.45) is 0 Å². The summed E-state index contributed by atoms with van der Waals surface area (Å²) in [6.45, 7) is -0.0948. The Bertz CT molecular complexity index is 1500. The van der Waals surface area contributed by atoms with E-state index in [1.807, 2.05) is 0 Å². The fourth-order valence-corrected chi connectivity index (χ4v) is 3.99. The highest BCUT2D eigenvalue weighted by molar-refractivity contribution is 6.31. The Labute approximate surface area is 227 Å². The molecule has 4 rings (SSSR count). The third-order valence-electron chi connectivity index (χ3n) is 5.61. The van der Waals surface area contributed by atoms with Crippen LogP contribution in [0.2, 0.25) is 5.02 Å². The van der Waals surface area contributed by atoms with E-state index in [0.29, 0.717) is 22.9 Å². The van der Waals surface area contributed by atoms with Gasteiger partial charge in [-0.2, -0.15) is 31.4 Å². The molecule has 0 aliphatic carbocycles. The maximum absolute atomic E-state index is 13.6. The minimum atomic E-state index is -4.71. The zero-order valence-electron chi connectivity index (χ0n) is 20.1. The summed E-state index contributed by atoms with van der Waals surface area (Å²) >= 11 is 5.56. The summed E-state index contributed by atoms with van der Waals surface area (Å²) in [4.78, 5) is 12.1. The quantitative estimate of drug-likeness (QED) is 0.132. The molecule has 0 atom stereocenters. The summed E-state index contributed by atoms with van der Waals surface area (Å²) in [7, 11) is 0. The zero-order chi connectivity index (χ0) is 29.1. The van der Waals surface area contributed by atoms with E-state index in [1.54, 1.807) is 0 Å². The highest BCUT2D eigenvalue weighted by atomic mass is 35.5. The average molecular weight is 586 g/mol. The monoisotopic (exact) mass is 585 g/mol. The van der Waals surface area contributed by atoms with E-state index in [1.165, 1.54) is 42.6 Å². The van der Waals surface area contributed by atoms with Crippen molar-refractivity contribution in [2.45, 2.75) is 12.4 Å². The number of amides is 2. The van der Waals surface area contributed by atoms with Gasteiger partial charge in [-0.25, -0.2) is 9.18 Å². The van der Waals surface area contributed by atoms with Crippen LogP contribution in [0.25, 0.3) is 22.4 Å². The number of rotatable bonds is 7. The van der Waals surface area contributed by atoms with Gasteiger partial charge in [0.15, 0.2) is 0 Å². The lowest BCUT2D eigenvalue weighted by molar-refractivity contribution is -0.138. The van der Waals surface area contributed by atoms with Gasteiger partial charge in [0, 0.05) is 35.6 Å². The molecule has 0 spiro atoms. The number of anilines is 2. The molecule has 0 aliphatic heterocycles. The molecule has 40 heavy (non-hydrogen) atoms. The summed E-state index contributed by atoms with van der Waals surface area (Å²) in [6.07, 6.45) is -8.03. The topological polar surface area (TPSA) is 81.8 Å². The second kappa shape index (κ2) is 11.5. The van der Waals surface area contributed by atoms with Crippen molar-refractivity contribution in [3.05, 3.63) is 88.8 Å². The van der Waals surface area contributed by atoms with Crippen molar-refractivity contribution in [3.63, 3.8) is 0 Å². The molecule has 0 aliphatic rings. The molecule has 2 amide bonds. The SMILES string of the molecule is O=C(NCCNc1cc(-c2cn[nH]c2-c2ccc(F)cc2)cc(C(F)(F)F)c1)Nc1ccc(Cl)c(C(F)(F)F)c1. The lowest BCUT2D eigenvalue weighted by atomic mass is 9.99. The van der Waals surface area contributed by atoms with Crippen LogP contribution in [-0.2, 0) is 12.4 Å². The van der Waals surface area contributed by atoms with Gasteiger partial charge in [-0.15, -0.1) is 0 Å². The minimum absolute atomic E-state index is 0.0151. The molecule has 0 saturated heterocycles. The van der Waals surface area contributed by atoms with Gasteiger partial charge >= 0.3 is 18.4 Å². The third-order valence-corrected chi connectivity index (χ3v) is 5.94. The number of aromatic amines is 1. The largest absolute Gasteiger partial charge is 0.417 e. The normalized spacial score (nSPS) is 11.8. The molecule has 4 aromatic rings. The summed E-state index contributed by atoms with van der Waals surface area (Å²) in [5.41, 5.74) is -0.688. The van der Waals surface area contributed by atoms with Crippen LogP contribution in [0.4, 0.5) is 46.9 Å². The number of urea groups is 1. The van der Waals surface area contributed by atoms with Crippen LogP contribution in [0.3, 0.4) is 0 Å². The first-order valence-corrected chi connectivity index (χ1v) is 11.9. The Morgan fingerprint density at radius 1 is 0.850 bits per heavy atom. The first kappa shape index (κ1) is 28.7. The highest BCUT2D eigenvalue weighted by Crippen LogP contribution is 2.38. The van der Waals surface area contributed by atoms with E-state index >= 15 is 0 Å². The molecule has 0 unspecified atom stereocenters. The van der Waals surface area contributed by atoms with Gasteiger partial charge in [-0.05, 0) is 66.2 Å². The van der Waals surface area contributed by atoms with E-state index in [-0.39, 0.29) is 30.0 Å². The van der Waals surface area contributed by atoms with Crippen molar-refractivity contribution in [1.29, 1.82) is 0 Å². The molecule has 1 aromatic heterocycles. The second-order valence-electron chi connectivity index (χ2n) is 8.46. The maximum Gasteiger partial charge on any atom is 0.417 e. The van der Waals surface area contributed by atoms with E-state index in [9.17, 15) is 35.5 Å². The summed E-state index contributed by atoms with van der Waals surface area (Å²) in [5, 5.41) is 13.6. The van der Waals surface area contributed by atoms with Gasteiger partial charge in [0.1, 0.15) is 5.82 Å². The van der Waals surface area contributed by atoms with Crippen LogP contribution in [0.15, 0.2) is 66.9 Å². The number of carbonyl (C=O) groups excluding carboxylic acids is 1. The molecular formula is C26H19ClF7N5O. The molecule has 14 heteroatoms. The number of alkyl halides is 6. The van der Waals surface area contributed by atoms with Crippen LogP contribution in [-0.4, -0.2) is 29.3 Å². The molecule has 0 saturated carbocycles. The van der Waals surface area contributed by atoms with Crippen molar-refractivity contribution < 1.29 is 35.5 Å².